The van der Waals surface area contributed by atoms with Crippen LogP contribution in [-0.4, -0.2) is 23.7 Å². The molecule has 0 bridgehead atoms. The van der Waals surface area contributed by atoms with Gasteiger partial charge in [0.25, 0.3) is 5.91 Å². The minimum absolute atomic E-state index is 0.179. The number of carbonyl (C=O) groups is 1. The number of nitrogens with zero attached hydrogens (tertiary/aromatic N) is 2. The standard InChI is InChI=1S/C22H16ClN3O3/c23-17-8-6-15(7-9-17)19-11-10-18(29-19)13-25-26-21(27)14-28-20-5-1-3-16-4-2-12-24-22(16)20/h1-13H,14H2,(H,26,27)/b25-13-. The molecule has 6 nitrogen and oxygen atoms in total. The van der Waals surface area contributed by atoms with Crippen molar-refractivity contribution in [3.8, 4) is 17.1 Å². The number of para-hydroxylation sites is 1. The van der Waals surface area contributed by atoms with Crippen LogP contribution in [0.4, 0.5) is 0 Å². The molecule has 4 rings (SSSR count). The second-order valence-electron chi connectivity index (χ2n) is 6.12. The maximum atomic E-state index is 12.0. The molecule has 0 aliphatic carbocycles. The molecule has 0 spiro atoms. The summed E-state index contributed by atoms with van der Waals surface area (Å²) in [6.45, 7) is -0.179. The third-order valence-corrected chi connectivity index (χ3v) is 4.34. The van der Waals surface area contributed by atoms with Crippen LogP contribution in [0, 0.1) is 0 Å². The van der Waals surface area contributed by atoms with Crippen LogP contribution in [0.3, 0.4) is 0 Å². The van der Waals surface area contributed by atoms with Gasteiger partial charge in [0.2, 0.25) is 0 Å². The molecule has 29 heavy (non-hydrogen) atoms. The first-order chi connectivity index (χ1) is 14.2. The van der Waals surface area contributed by atoms with Crippen LogP contribution < -0.4 is 10.2 Å². The van der Waals surface area contributed by atoms with E-state index >= 15 is 0 Å². The normalized spacial score (nSPS) is 11.1. The molecule has 2 heterocycles. The van der Waals surface area contributed by atoms with Gasteiger partial charge >= 0.3 is 0 Å². The molecule has 7 heteroatoms. The van der Waals surface area contributed by atoms with Gasteiger partial charge in [-0.05, 0) is 48.5 Å². The van der Waals surface area contributed by atoms with Crippen molar-refractivity contribution in [1.82, 2.24) is 10.4 Å². The van der Waals surface area contributed by atoms with E-state index in [0.717, 1.165) is 10.9 Å². The quantitative estimate of drug-likeness (QED) is 0.373. The smallest absolute Gasteiger partial charge is 0.277 e. The predicted octanol–water partition coefficient (Wildman–Crippen LogP) is 4.68. The van der Waals surface area contributed by atoms with Crippen molar-refractivity contribution < 1.29 is 13.9 Å². The highest BCUT2D eigenvalue weighted by molar-refractivity contribution is 6.30. The minimum Gasteiger partial charge on any atom is -0.481 e. The number of rotatable bonds is 6. The zero-order valence-electron chi connectivity index (χ0n) is 15.2. The lowest BCUT2D eigenvalue weighted by Gasteiger charge is -2.07. The lowest BCUT2D eigenvalue weighted by molar-refractivity contribution is -0.123. The highest BCUT2D eigenvalue weighted by atomic mass is 35.5. The topological polar surface area (TPSA) is 76.7 Å². The van der Waals surface area contributed by atoms with Crippen molar-refractivity contribution in [2.45, 2.75) is 0 Å². The number of halogens is 1. The lowest BCUT2D eigenvalue weighted by Crippen LogP contribution is -2.24. The molecule has 0 saturated carbocycles. The molecule has 0 radical (unpaired) electrons. The first-order valence-electron chi connectivity index (χ1n) is 8.83. The first kappa shape index (κ1) is 18.7. The Kier molecular flexibility index (Phi) is 5.54. The Balaban J connectivity index is 1.32. The molecule has 2 aromatic heterocycles. The summed E-state index contributed by atoms with van der Waals surface area (Å²) in [5, 5.41) is 5.50. The van der Waals surface area contributed by atoms with Gasteiger partial charge in [0.05, 0.1) is 6.21 Å². The van der Waals surface area contributed by atoms with E-state index in [9.17, 15) is 4.79 Å². The molecule has 0 fully saturated rings. The van der Waals surface area contributed by atoms with Crippen molar-refractivity contribution >= 4 is 34.6 Å². The fraction of sp³-hybridized carbons (Fsp3) is 0.0455. The summed E-state index contributed by atoms with van der Waals surface area (Å²) >= 11 is 5.89. The fourth-order valence-corrected chi connectivity index (χ4v) is 2.85. The third kappa shape index (κ3) is 4.62. The minimum atomic E-state index is -0.390. The van der Waals surface area contributed by atoms with Crippen LogP contribution in [0.15, 0.2) is 82.4 Å². The summed E-state index contributed by atoms with van der Waals surface area (Å²) in [4.78, 5) is 16.3. The number of hydrogen-bond acceptors (Lipinski definition) is 5. The van der Waals surface area contributed by atoms with Crippen LogP contribution in [-0.2, 0) is 4.79 Å². The summed E-state index contributed by atoms with van der Waals surface area (Å²) in [5.74, 6) is 1.34. The van der Waals surface area contributed by atoms with Crippen LogP contribution in [0.25, 0.3) is 22.2 Å². The van der Waals surface area contributed by atoms with E-state index in [1.807, 2.05) is 42.5 Å². The van der Waals surface area contributed by atoms with Gasteiger partial charge in [0, 0.05) is 22.2 Å². The Hall–Kier alpha value is -3.64. The molecular weight excluding hydrogens is 390 g/mol. The second kappa shape index (κ2) is 8.58. The summed E-state index contributed by atoms with van der Waals surface area (Å²) in [5.41, 5.74) is 4.02. The summed E-state index contributed by atoms with van der Waals surface area (Å²) in [6, 6.07) is 20.2. The summed E-state index contributed by atoms with van der Waals surface area (Å²) in [6.07, 6.45) is 3.11. The van der Waals surface area contributed by atoms with Crippen molar-refractivity contribution in [2.24, 2.45) is 5.10 Å². The highest BCUT2D eigenvalue weighted by Gasteiger charge is 2.07. The maximum absolute atomic E-state index is 12.0. The van der Waals surface area contributed by atoms with Crippen LogP contribution in [0.5, 0.6) is 5.75 Å². The molecule has 1 amide bonds. The number of hydrogen-bond donors (Lipinski definition) is 1. The Morgan fingerprint density at radius 2 is 1.93 bits per heavy atom. The molecule has 1 N–H and O–H groups in total. The van der Waals surface area contributed by atoms with E-state index in [4.69, 9.17) is 20.8 Å². The lowest BCUT2D eigenvalue weighted by atomic mass is 10.2. The molecule has 144 valence electrons. The number of pyridine rings is 1. The predicted molar refractivity (Wildman–Crippen MR) is 112 cm³/mol. The van der Waals surface area contributed by atoms with Crippen LogP contribution in [0.2, 0.25) is 5.02 Å². The molecule has 4 aromatic rings. The zero-order chi connectivity index (χ0) is 20.1. The fourth-order valence-electron chi connectivity index (χ4n) is 2.73. The van der Waals surface area contributed by atoms with Crippen LogP contribution in [0.1, 0.15) is 5.76 Å². The molecule has 0 aliphatic rings. The van der Waals surface area contributed by atoms with E-state index in [0.29, 0.717) is 27.8 Å². The SMILES string of the molecule is O=C(COc1cccc2cccnc12)N/N=C\c1ccc(-c2ccc(Cl)cc2)o1. The maximum Gasteiger partial charge on any atom is 0.277 e. The van der Waals surface area contributed by atoms with E-state index < -0.39 is 5.91 Å². The number of aromatic nitrogens is 1. The third-order valence-electron chi connectivity index (χ3n) is 4.09. The highest BCUT2D eigenvalue weighted by Crippen LogP contribution is 2.24. The van der Waals surface area contributed by atoms with Gasteiger partial charge in [-0.15, -0.1) is 0 Å². The van der Waals surface area contributed by atoms with Gasteiger partial charge in [-0.3, -0.25) is 9.78 Å². The van der Waals surface area contributed by atoms with Gasteiger partial charge in [0.15, 0.2) is 6.61 Å². The monoisotopic (exact) mass is 405 g/mol. The number of benzene rings is 2. The van der Waals surface area contributed by atoms with Crippen molar-refractivity contribution in [1.29, 1.82) is 0 Å². The molecule has 0 atom stereocenters. The van der Waals surface area contributed by atoms with Gasteiger partial charge in [0.1, 0.15) is 22.8 Å². The largest absolute Gasteiger partial charge is 0.481 e. The van der Waals surface area contributed by atoms with Crippen molar-refractivity contribution in [3.63, 3.8) is 0 Å². The summed E-state index contributed by atoms with van der Waals surface area (Å²) in [7, 11) is 0. The van der Waals surface area contributed by atoms with Crippen molar-refractivity contribution in [3.05, 3.63) is 83.7 Å². The zero-order valence-corrected chi connectivity index (χ0v) is 16.0. The van der Waals surface area contributed by atoms with E-state index in [2.05, 4.69) is 15.5 Å². The van der Waals surface area contributed by atoms with E-state index in [-0.39, 0.29) is 6.61 Å². The Morgan fingerprint density at radius 1 is 1.10 bits per heavy atom. The first-order valence-corrected chi connectivity index (χ1v) is 9.21. The van der Waals surface area contributed by atoms with Crippen molar-refractivity contribution in [2.75, 3.05) is 6.61 Å². The Morgan fingerprint density at radius 3 is 2.79 bits per heavy atom. The molecule has 0 aliphatic heterocycles. The number of amides is 1. The number of furan rings is 1. The van der Waals surface area contributed by atoms with Gasteiger partial charge < -0.3 is 9.15 Å². The number of nitrogens with one attached hydrogen (secondary N) is 1. The van der Waals surface area contributed by atoms with Gasteiger partial charge in [-0.2, -0.15) is 5.10 Å². The Labute approximate surface area is 171 Å². The number of ether oxygens (including phenoxy) is 1. The van der Waals surface area contributed by atoms with E-state index in [1.54, 1.807) is 30.5 Å². The number of hydrazone groups is 1. The number of carbonyl (C=O) groups excluding carboxylic acids is 1. The van der Waals surface area contributed by atoms with Crippen LogP contribution >= 0.6 is 11.6 Å². The van der Waals surface area contributed by atoms with E-state index in [1.165, 1.54) is 6.21 Å². The Bertz CT molecular complexity index is 1160. The number of fused-ring (bicyclic) bond motifs is 1. The average molecular weight is 406 g/mol. The van der Waals surface area contributed by atoms with Gasteiger partial charge in [-0.1, -0.05) is 29.8 Å². The summed E-state index contributed by atoms with van der Waals surface area (Å²) < 4.78 is 11.3. The van der Waals surface area contributed by atoms with Gasteiger partial charge in [-0.25, -0.2) is 5.43 Å². The molecule has 0 saturated heterocycles. The molecular formula is C22H16ClN3O3. The molecule has 2 aromatic carbocycles. The molecule has 0 unspecified atom stereocenters. The average Bonchev–Trinajstić information content (AvgIpc) is 3.21. The second-order valence-corrected chi connectivity index (χ2v) is 6.56.